The van der Waals surface area contributed by atoms with Crippen LogP contribution < -0.4 is 0 Å². The zero-order chi connectivity index (χ0) is 12.6. The van der Waals surface area contributed by atoms with E-state index in [1.54, 1.807) is 0 Å². The van der Waals surface area contributed by atoms with Gasteiger partial charge in [0.05, 0.1) is 5.76 Å². The molecule has 0 spiro atoms. The first-order chi connectivity index (χ1) is 7.38. The molecule has 0 saturated heterocycles. The molecule has 0 amide bonds. The summed E-state index contributed by atoms with van der Waals surface area (Å²) in [7, 11) is 0. The van der Waals surface area contributed by atoms with E-state index in [0.29, 0.717) is 6.10 Å². The highest BCUT2D eigenvalue weighted by Gasteiger charge is 2.25. The van der Waals surface area contributed by atoms with Crippen molar-refractivity contribution in [2.45, 2.75) is 79.2 Å². The van der Waals surface area contributed by atoms with Crippen molar-refractivity contribution in [3.63, 3.8) is 0 Å². The first kappa shape index (κ1) is 15.5. The fourth-order valence-electron chi connectivity index (χ4n) is 1.84. The lowest BCUT2D eigenvalue weighted by Gasteiger charge is -2.31. The van der Waals surface area contributed by atoms with Gasteiger partial charge in [-0.05, 0) is 25.2 Å². The Morgan fingerprint density at radius 3 is 2.12 bits per heavy atom. The first-order valence-electron chi connectivity index (χ1n) is 6.70. The van der Waals surface area contributed by atoms with Crippen LogP contribution in [0, 0.1) is 5.41 Å². The molecule has 0 fully saturated rings. The molecule has 16 heavy (non-hydrogen) atoms. The van der Waals surface area contributed by atoms with Gasteiger partial charge in [-0.2, -0.15) is 0 Å². The van der Waals surface area contributed by atoms with E-state index < -0.39 is 0 Å². The molecule has 0 aliphatic heterocycles. The average Bonchev–Trinajstić information content (AvgIpc) is 2.13. The van der Waals surface area contributed by atoms with Crippen molar-refractivity contribution in [2.24, 2.45) is 5.41 Å². The third kappa shape index (κ3) is 7.78. The molecular formula is C15H30O. The van der Waals surface area contributed by atoms with E-state index in [0.717, 1.165) is 12.2 Å². The predicted octanol–water partition coefficient (Wildman–Crippen LogP) is 5.31. The molecule has 0 aromatic rings. The van der Waals surface area contributed by atoms with Crippen molar-refractivity contribution in [2.75, 3.05) is 0 Å². The molecule has 0 rings (SSSR count). The molecule has 0 saturated carbocycles. The van der Waals surface area contributed by atoms with Gasteiger partial charge in [0.1, 0.15) is 6.10 Å². The Morgan fingerprint density at radius 1 is 1.12 bits per heavy atom. The maximum Gasteiger partial charge on any atom is 0.103 e. The Kier molecular flexibility index (Phi) is 7.53. The summed E-state index contributed by atoms with van der Waals surface area (Å²) in [6, 6.07) is 0. The largest absolute Gasteiger partial charge is 0.495 e. The van der Waals surface area contributed by atoms with E-state index in [4.69, 9.17) is 4.74 Å². The van der Waals surface area contributed by atoms with Crippen molar-refractivity contribution in [3.05, 3.63) is 12.3 Å². The van der Waals surface area contributed by atoms with Crippen LogP contribution in [0.3, 0.4) is 0 Å². The van der Waals surface area contributed by atoms with Gasteiger partial charge in [0.2, 0.25) is 0 Å². The van der Waals surface area contributed by atoms with Gasteiger partial charge >= 0.3 is 0 Å². The van der Waals surface area contributed by atoms with Gasteiger partial charge in [0.25, 0.3) is 0 Å². The summed E-state index contributed by atoms with van der Waals surface area (Å²) in [5, 5.41) is 0. The lowest BCUT2D eigenvalue weighted by Crippen LogP contribution is -2.28. The molecule has 0 aromatic heterocycles. The molecule has 0 N–H and O–H groups in total. The monoisotopic (exact) mass is 226 g/mol. The predicted molar refractivity (Wildman–Crippen MR) is 72.5 cm³/mol. The van der Waals surface area contributed by atoms with Gasteiger partial charge in [0.15, 0.2) is 0 Å². The summed E-state index contributed by atoms with van der Waals surface area (Å²) in [5.41, 5.74) is 0.212. The van der Waals surface area contributed by atoms with Crippen molar-refractivity contribution in [1.82, 2.24) is 0 Å². The molecule has 96 valence electrons. The Bertz CT molecular complexity index is 188. The Balaban J connectivity index is 3.89. The SMILES string of the molecule is C=C(C)OC(CCCCCCC)C(C)(C)C. The number of ether oxygens (including phenoxy) is 1. The van der Waals surface area contributed by atoms with Crippen molar-refractivity contribution >= 4 is 0 Å². The first-order valence-corrected chi connectivity index (χ1v) is 6.70. The fourth-order valence-corrected chi connectivity index (χ4v) is 1.84. The molecule has 0 aliphatic carbocycles. The summed E-state index contributed by atoms with van der Waals surface area (Å²) >= 11 is 0. The molecular weight excluding hydrogens is 196 g/mol. The third-order valence-corrected chi connectivity index (χ3v) is 2.88. The minimum absolute atomic E-state index is 0.212. The normalized spacial score (nSPS) is 13.6. The molecule has 1 atom stereocenters. The highest BCUT2D eigenvalue weighted by atomic mass is 16.5. The average molecular weight is 226 g/mol. The second-order valence-corrected chi connectivity index (χ2v) is 5.88. The van der Waals surface area contributed by atoms with Crippen LogP contribution in [-0.2, 0) is 4.74 Å². The summed E-state index contributed by atoms with van der Waals surface area (Å²) < 4.78 is 5.83. The van der Waals surface area contributed by atoms with Crippen LogP contribution in [0.2, 0.25) is 0 Å². The topological polar surface area (TPSA) is 9.23 Å². The molecule has 1 heteroatoms. The third-order valence-electron chi connectivity index (χ3n) is 2.88. The Hall–Kier alpha value is -0.460. The number of unbranched alkanes of at least 4 members (excludes halogenated alkanes) is 4. The van der Waals surface area contributed by atoms with Gasteiger partial charge in [-0.15, -0.1) is 0 Å². The smallest absolute Gasteiger partial charge is 0.103 e. The lowest BCUT2D eigenvalue weighted by molar-refractivity contribution is 0.0204. The van der Waals surface area contributed by atoms with Crippen LogP contribution in [0.1, 0.15) is 73.1 Å². The van der Waals surface area contributed by atoms with Crippen molar-refractivity contribution < 1.29 is 4.74 Å². The van der Waals surface area contributed by atoms with Crippen molar-refractivity contribution in [3.8, 4) is 0 Å². The standard InChI is InChI=1S/C15H30O/c1-7-8-9-10-11-12-14(15(4,5)6)16-13(2)3/h14H,2,7-12H2,1,3-6H3. The van der Waals surface area contributed by atoms with Gasteiger partial charge in [-0.3, -0.25) is 0 Å². The van der Waals surface area contributed by atoms with Crippen LogP contribution in [0.25, 0.3) is 0 Å². The maximum atomic E-state index is 5.83. The van der Waals surface area contributed by atoms with Crippen LogP contribution in [-0.4, -0.2) is 6.10 Å². The summed E-state index contributed by atoms with van der Waals surface area (Å²) in [6.45, 7) is 14.8. The van der Waals surface area contributed by atoms with E-state index in [1.807, 2.05) is 6.92 Å². The Morgan fingerprint density at radius 2 is 1.69 bits per heavy atom. The summed E-state index contributed by atoms with van der Waals surface area (Å²) in [4.78, 5) is 0. The minimum atomic E-state index is 0.212. The van der Waals surface area contributed by atoms with Crippen LogP contribution in [0.5, 0.6) is 0 Å². The van der Waals surface area contributed by atoms with E-state index in [-0.39, 0.29) is 5.41 Å². The van der Waals surface area contributed by atoms with Crippen LogP contribution in [0.15, 0.2) is 12.3 Å². The van der Waals surface area contributed by atoms with E-state index in [9.17, 15) is 0 Å². The van der Waals surface area contributed by atoms with Gasteiger partial charge in [0, 0.05) is 0 Å². The summed E-state index contributed by atoms with van der Waals surface area (Å²) in [5.74, 6) is 0.841. The molecule has 0 heterocycles. The maximum absolute atomic E-state index is 5.83. The van der Waals surface area contributed by atoms with E-state index >= 15 is 0 Å². The Labute approximate surface area is 102 Å². The molecule has 0 aromatic carbocycles. The zero-order valence-corrected chi connectivity index (χ0v) is 11.9. The van der Waals surface area contributed by atoms with Gasteiger partial charge < -0.3 is 4.74 Å². The second kappa shape index (κ2) is 7.76. The number of hydrogen-bond donors (Lipinski definition) is 0. The van der Waals surface area contributed by atoms with E-state index in [1.165, 1.54) is 32.1 Å². The number of allylic oxidation sites excluding steroid dienone is 1. The van der Waals surface area contributed by atoms with E-state index in [2.05, 4.69) is 34.3 Å². The molecule has 1 nitrogen and oxygen atoms in total. The number of rotatable bonds is 8. The number of hydrogen-bond acceptors (Lipinski definition) is 1. The minimum Gasteiger partial charge on any atom is -0.495 e. The highest BCUT2D eigenvalue weighted by molar-refractivity contribution is 4.82. The molecule has 0 aliphatic rings. The molecule has 0 radical (unpaired) electrons. The van der Waals surface area contributed by atoms with Gasteiger partial charge in [-0.1, -0.05) is 60.0 Å². The molecule has 0 bridgehead atoms. The summed E-state index contributed by atoms with van der Waals surface area (Å²) in [6.07, 6.45) is 8.11. The van der Waals surface area contributed by atoms with Crippen LogP contribution in [0.4, 0.5) is 0 Å². The highest BCUT2D eigenvalue weighted by Crippen LogP contribution is 2.28. The second-order valence-electron chi connectivity index (χ2n) is 5.88. The van der Waals surface area contributed by atoms with Crippen molar-refractivity contribution in [1.29, 1.82) is 0 Å². The van der Waals surface area contributed by atoms with Gasteiger partial charge in [-0.25, -0.2) is 0 Å². The quantitative estimate of drug-likeness (QED) is 0.402. The fraction of sp³-hybridized carbons (Fsp3) is 0.867. The van der Waals surface area contributed by atoms with Crippen LogP contribution >= 0.6 is 0 Å². The zero-order valence-electron chi connectivity index (χ0n) is 11.9. The lowest BCUT2D eigenvalue weighted by atomic mass is 9.85. The molecule has 1 unspecified atom stereocenters.